The van der Waals surface area contributed by atoms with Crippen molar-refractivity contribution < 1.29 is 19.1 Å². The van der Waals surface area contributed by atoms with Gasteiger partial charge in [-0.25, -0.2) is 0 Å². The minimum absolute atomic E-state index is 0.0514. The molecular weight excluding hydrogens is 404 g/mol. The maximum Gasteiger partial charge on any atom is 0.232 e. The van der Waals surface area contributed by atoms with E-state index in [0.717, 1.165) is 11.3 Å². The predicted octanol–water partition coefficient (Wildman–Crippen LogP) is 3.82. The van der Waals surface area contributed by atoms with Gasteiger partial charge >= 0.3 is 0 Å². The molecule has 2 aromatic rings. The SMILES string of the molecule is COc1ccc([C@H]2CC(=O)C3=C(C2)NC(=O)C[C@@H]3C(=O)Nc2cccc(Cl)c2)cc1. The number of anilines is 1. The van der Waals surface area contributed by atoms with E-state index in [0.29, 0.717) is 34.8 Å². The highest BCUT2D eigenvalue weighted by Gasteiger charge is 2.40. The number of benzene rings is 2. The molecule has 0 saturated carbocycles. The minimum Gasteiger partial charge on any atom is -0.497 e. The molecule has 30 heavy (non-hydrogen) atoms. The Hall–Kier alpha value is -3.12. The van der Waals surface area contributed by atoms with Crippen LogP contribution in [0.4, 0.5) is 5.69 Å². The molecule has 2 aliphatic rings. The van der Waals surface area contributed by atoms with Crippen LogP contribution >= 0.6 is 11.6 Å². The van der Waals surface area contributed by atoms with Crippen LogP contribution in [0, 0.1) is 5.92 Å². The van der Waals surface area contributed by atoms with E-state index in [4.69, 9.17) is 16.3 Å². The fourth-order valence-electron chi connectivity index (χ4n) is 4.09. The quantitative estimate of drug-likeness (QED) is 0.781. The van der Waals surface area contributed by atoms with Gasteiger partial charge in [-0.15, -0.1) is 0 Å². The van der Waals surface area contributed by atoms with Crippen molar-refractivity contribution >= 4 is 34.9 Å². The van der Waals surface area contributed by atoms with Gasteiger partial charge in [0.2, 0.25) is 11.8 Å². The summed E-state index contributed by atoms with van der Waals surface area (Å²) in [5.41, 5.74) is 2.49. The number of ketones is 1. The average molecular weight is 425 g/mol. The molecule has 6 nitrogen and oxygen atoms in total. The molecule has 4 rings (SSSR count). The summed E-state index contributed by atoms with van der Waals surface area (Å²) < 4.78 is 5.19. The maximum atomic E-state index is 13.0. The van der Waals surface area contributed by atoms with Gasteiger partial charge in [-0.05, 0) is 48.2 Å². The molecule has 0 saturated heterocycles. The van der Waals surface area contributed by atoms with Crippen molar-refractivity contribution in [3.63, 3.8) is 0 Å². The first kappa shape index (κ1) is 20.2. The second-order valence-corrected chi connectivity index (χ2v) is 7.93. The van der Waals surface area contributed by atoms with E-state index in [1.165, 1.54) is 0 Å². The Balaban J connectivity index is 1.59. The van der Waals surface area contributed by atoms with Gasteiger partial charge in [-0.1, -0.05) is 29.8 Å². The minimum atomic E-state index is -0.808. The van der Waals surface area contributed by atoms with Crippen molar-refractivity contribution in [1.29, 1.82) is 0 Å². The van der Waals surface area contributed by atoms with Gasteiger partial charge in [0.05, 0.1) is 13.0 Å². The summed E-state index contributed by atoms with van der Waals surface area (Å²) in [6, 6.07) is 14.3. The van der Waals surface area contributed by atoms with E-state index < -0.39 is 5.92 Å². The van der Waals surface area contributed by atoms with Crippen molar-refractivity contribution in [3.05, 3.63) is 70.4 Å². The van der Waals surface area contributed by atoms with Crippen molar-refractivity contribution in [2.45, 2.75) is 25.2 Å². The maximum absolute atomic E-state index is 13.0. The first-order chi connectivity index (χ1) is 14.4. The molecule has 0 aromatic heterocycles. The second-order valence-electron chi connectivity index (χ2n) is 7.50. The Morgan fingerprint density at radius 2 is 1.87 bits per heavy atom. The fraction of sp³-hybridized carbons (Fsp3) is 0.261. The Bertz CT molecular complexity index is 1050. The molecule has 0 spiro atoms. The summed E-state index contributed by atoms with van der Waals surface area (Å²) in [6.45, 7) is 0. The third-order valence-electron chi connectivity index (χ3n) is 5.53. The Labute approximate surface area is 179 Å². The number of hydrogen-bond acceptors (Lipinski definition) is 4. The third-order valence-corrected chi connectivity index (χ3v) is 5.77. The number of hydrogen-bond donors (Lipinski definition) is 2. The van der Waals surface area contributed by atoms with Gasteiger partial charge in [0.25, 0.3) is 0 Å². The summed E-state index contributed by atoms with van der Waals surface area (Å²) >= 11 is 5.98. The van der Waals surface area contributed by atoms with E-state index >= 15 is 0 Å². The summed E-state index contributed by atoms with van der Waals surface area (Å²) in [7, 11) is 1.60. The lowest BCUT2D eigenvalue weighted by Crippen LogP contribution is -2.43. The normalized spacial score (nSPS) is 21.0. The topological polar surface area (TPSA) is 84.5 Å². The van der Waals surface area contributed by atoms with Crippen LogP contribution in [0.15, 0.2) is 59.8 Å². The van der Waals surface area contributed by atoms with E-state index in [1.54, 1.807) is 31.4 Å². The molecule has 0 unspecified atom stereocenters. The highest BCUT2D eigenvalue weighted by molar-refractivity contribution is 6.30. The van der Waals surface area contributed by atoms with Gasteiger partial charge in [0.15, 0.2) is 5.78 Å². The Morgan fingerprint density at radius 1 is 1.10 bits per heavy atom. The van der Waals surface area contributed by atoms with Crippen LogP contribution in [0.2, 0.25) is 5.02 Å². The molecule has 1 aliphatic carbocycles. The zero-order valence-corrected chi connectivity index (χ0v) is 17.2. The summed E-state index contributed by atoms with van der Waals surface area (Å²) in [4.78, 5) is 38.2. The molecule has 2 atom stereocenters. The number of allylic oxidation sites excluding steroid dienone is 1. The van der Waals surface area contributed by atoms with Crippen LogP contribution in [0.25, 0.3) is 0 Å². The van der Waals surface area contributed by atoms with Gasteiger partial charge in [-0.2, -0.15) is 0 Å². The zero-order chi connectivity index (χ0) is 21.3. The average Bonchev–Trinajstić information content (AvgIpc) is 2.72. The van der Waals surface area contributed by atoms with E-state index in [-0.39, 0.29) is 29.9 Å². The molecule has 7 heteroatoms. The van der Waals surface area contributed by atoms with Crippen molar-refractivity contribution in [1.82, 2.24) is 5.32 Å². The summed E-state index contributed by atoms with van der Waals surface area (Å²) in [5.74, 6) is -0.874. The monoisotopic (exact) mass is 424 g/mol. The van der Waals surface area contributed by atoms with E-state index in [9.17, 15) is 14.4 Å². The number of halogens is 1. The predicted molar refractivity (Wildman–Crippen MR) is 113 cm³/mol. The van der Waals surface area contributed by atoms with Crippen molar-refractivity contribution in [2.75, 3.05) is 12.4 Å². The van der Waals surface area contributed by atoms with E-state index in [1.807, 2.05) is 24.3 Å². The summed E-state index contributed by atoms with van der Waals surface area (Å²) in [5, 5.41) is 6.09. The van der Waals surface area contributed by atoms with Gasteiger partial charge < -0.3 is 15.4 Å². The molecule has 2 N–H and O–H groups in total. The van der Waals surface area contributed by atoms with Gasteiger partial charge in [-0.3, -0.25) is 14.4 Å². The van der Waals surface area contributed by atoms with Crippen molar-refractivity contribution in [3.8, 4) is 5.75 Å². The summed E-state index contributed by atoms with van der Waals surface area (Å²) in [6.07, 6.45) is 0.742. The number of Topliss-reactive ketones (excluding diaryl/α,β-unsaturated/α-hetero) is 1. The Morgan fingerprint density at radius 3 is 2.57 bits per heavy atom. The number of rotatable bonds is 4. The third kappa shape index (κ3) is 4.09. The van der Waals surface area contributed by atoms with Gasteiger partial charge in [0, 0.05) is 34.8 Å². The van der Waals surface area contributed by atoms with E-state index in [2.05, 4.69) is 10.6 Å². The molecule has 2 amide bonds. The molecule has 2 aromatic carbocycles. The molecule has 1 heterocycles. The van der Waals surface area contributed by atoms with Crippen LogP contribution in [-0.2, 0) is 14.4 Å². The molecule has 154 valence electrons. The smallest absolute Gasteiger partial charge is 0.232 e. The van der Waals surface area contributed by atoms with Crippen LogP contribution in [0.5, 0.6) is 5.75 Å². The van der Waals surface area contributed by atoms with Crippen LogP contribution in [0.3, 0.4) is 0 Å². The van der Waals surface area contributed by atoms with Crippen LogP contribution in [-0.4, -0.2) is 24.7 Å². The van der Waals surface area contributed by atoms with Crippen LogP contribution in [0.1, 0.15) is 30.7 Å². The highest BCUT2D eigenvalue weighted by Crippen LogP contribution is 2.39. The molecular formula is C23H21ClN2O4. The molecule has 0 radical (unpaired) electrons. The largest absolute Gasteiger partial charge is 0.497 e. The second kappa shape index (κ2) is 8.32. The molecule has 0 fully saturated rings. The Kier molecular flexibility index (Phi) is 5.59. The number of nitrogens with one attached hydrogen (secondary N) is 2. The molecule has 1 aliphatic heterocycles. The number of methoxy groups -OCH3 is 1. The number of amides is 2. The molecule has 0 bridgehead atoms. The highest BCUT2D eigenvalue weighted by atomic mass is 35.5. The first-order valence-electron chi connectivity index (χ1n) is 9.71. The lowest BCUT2D eigenvalue weighted by atomic mass is 9.75. The van der Waals surface area contributed by atoms with Gasteiger partial charge in [0.1, 0.15) is 5.75 Å². The number of carbonyl (C=O) groups excluding carboxylic acids is 3. The van der Waals surface area contributed by atoms with Crippen LogP contribution < -0.4 is 15.4 Å². The fourth-order valence-corrected chi connectivity index (χ4v) is 4.28. The lowest BCUT2D eigenvalue weighted by Gasteiger charge is -2.33. The first-order valence-corrected chi connectivity index (χ1v) is 10.1. The zero-order valence-electron chi connectivity index (χ0n) is 16.4. The lowest BCUT2D eigenvalue weighted by molar-refractivity contribution is -0.129. The number of ether oxygens (including phenoxy) is 1. The van der Waals surface area contributed by atoms with Crippen molar-refractivity contribution in [2.24, 2.45) is 5.92 Å². The number of carbonyl (C=O) groups is 3. The standard InChI is InChI=1S/C23H21ClN2O4/c1-30-17-7-5-13(6-8-17)14-9-19-22(20(27)10-14)18(12-21(28)26-19)23(29)25-16-4-2-3-15(24)11-16/h2-8,11,14,18H,9-10,12H2,1H3,(H,25,29)(H,26,28)/t14-,18+/m1/s1.